The number of fused-ring (bicyclic) bond motifs is 1. The first-order chi connectivity index (χ1) is 19.3. The number of aryl methyl sites for hydroxylation is 2. The predicted molar refractivity (Wildman–Crippen MR) is 166 cm³/mol. The molecule has 0 saturated carbocycles. The minimum Gasteiger partial charge on any atom is -0.329 e. The third-order valence-electron chi connectivity index (χ3n) is 7.52. The van der Waals surface area contributed by atoms with Gasteiger partial charge in [-0.15, -0.1) is 0 Å². The van der Waals surface area contributed by atoms with Crippen LogP contribution in [0.3, 0.4) is 0 Å². The summed E-state index contributed by atoms with van der Waals surface area (Å²) in [6.07, 6.45) is 7.49. The van der Waals surface area contributed by atoms with Crippen LogP contribution in [0.25, 0.3) is 16.6 Å². The summed E-state index contributed by atoms with van der Waals surface area (Å²) >= 11 is 6.29. The standard InChI is InChI=1S/C34H40ClN3O2/c1-5-7-9-11-26-14-16-27(17-15-26)33(39)37(22-10-8-6-2)25(4)32-36-31-23-28(35)18-21-30(31)34(40)38(32)29-19-12-24(3)13-20-29/h12-21,23,25H,5-11,22H2,1-4H3. The van der Waals surface area contributed by atoms with Gasteiger partial charge in [0, 0.05) is 17.1 Å². The number of hydrogen-bond acceptors (Lipinski definition) is 3. The molecule has 0 aliphatic rings. The summed E-state index contributed by atoms with van der Waals surface area (Å²) in [4.78, 5) is 34.7. The van der Waals surface area contributed by atoms with Crippen molar-refractivity contribution in [2.75, 3.05) is 6.54 Å². The maximum absolute atomic E-state index is 14.0. The Balaban J connectivity index is 1.78. The first kappa shape index (κ1) is 29.5. The van der Waals surface area contributed by atoms with Gasteiger partial charge >= 0.3 is 0 Å². The van der Waals surface area contributed by atoms with Gasteiger partial charge in [-0.1, -0.05) is 81.0 Å². The molecule has 5 nitrogen and oxygen atoms in total. The van der Waals surface area contributed by atoms with Crippen LogP contribution in [-0.4, -0.2) is 26.9 Å². The van der Waals surface area contributed by atoms with Crippen molar-refractivity contribution in [2.45, 2.75) is 78.7 Å². The zero-order valence-corrected chi connectivity index (χ0v) is 24.9. The van der Waals surface area contributed by atoms with Crippen molar-refractivity contribution in [1.29, 1.82) is 0 Å². The van der Waals surface area contributed by atoms with Crippen LogP contribution in [0, 0.1) is 6.92 Å². The number of rotatable bonds is 12. The highest BCUT2D eigenvalue weighted by Gasteiger charge is 2.27. The van der Waals surface area contributed by atoms with E-state index in [1.807, 2.05) is 55.1 Å². The highest BCUT2D eigenvalue weighted by Crippen LogP contribution is 2.26. The van der Waals surface area contributed by atoms with E-state index in [0.29, 0.717) is 33.9 Å². The van der Waals surface area contributed by atoms with Crippen molar-refractivity contribution in [3.05, 3.63) is 105 Å². The molecule has 1 amide bonds. The van der Waals surface area contributed by atoms with Gasteiger partial charge < -0.3 is 4.90 Å². The van der Waals surface area contributed by atoms with Gasteiger partial charge in [-0.3, -0.25) is 14.2 Å². The minimum absolute atomic E-state index is 0.0559. The minimum atomic E-state index is -0.453. The van der Waals surface area contributed by atoms with Crippen LogP contribution in [0.4, 0.5) is 0 Å². The molecule has 0 spiro atoms. The summed E-state index contributed by atoms with van der Waals surface area (Å²) in [5, 5.41) is 1.00. The summed E-state index contributed by atoms with van der Waals surface area (Å²) in [5.74, 6) is 0.462. The predicted octanol–water partition coefficient (Wildman–Crippen LogP) is 8.47. The van der Waals surface area contributed by atoms with E-state index in [4.69, 9.17) is 16.6 Å². The summed E-state index contributed by atoms with van der Waals surface area (Å²) in [6, 6.07) is 20.5. The number of aromatic nitrogens is 2. The van der Waals surface area contributed by atoms with E-state index in [0.717, 1.165) is 43.4 Å². The molecule has 0 saturated heterocycles. The maximum Gasteiger partial charge on any atom is 0.266 e. The zero-order valence-electron chi connectivity index (χ0n) is 24.1. The Bertz CT molecular complexity index is 1490. The van der Waals surface area contributed by atoms with E-state index in [2.05, 4.69) is 26.0 Å². The number of amides is 1. The normalized spacial score (nSPS) is 12.0. The van der Waals surface area contributed by atoms with E-state index >= 15 is 0 Å². The second-order valence-corrected chi connectivity index (χ2v) is 11.1. The topological polar surface area (TPSA) is 55.2 Å². The molecule has 0 N–H and O–H groups in total. The molecule has 1 heterocycles. The van der Waals surface area contributed by atoms with Crippen LogP contribution < -0.4 is 5.56 Å². The Hall–Kier alpha value is -3.44. The number of carbonyl (C=O) groups excluding carboxylic acids is 1. The molecule has 3 aromatic carbocycles. The van der Waals surface area contributed by atoms with Crippen LogP contribution in [0.15, 0.2) is 71.5 Å². The summed E-state index contributed by atoms with van der Waals surface area (Å²) in [5.41, 5.74) is 4.07. The fourth-order valence-electron chi connectivity index (χ4n) is 5.10. The molecule has 0 fully saturated rings. The monoisotopic (exact) mass is 557 g/mol. The fourth-order valence-corrected chi connectivity index (χ4v) is 5.27. The number of carbonyl (C=O) groups is 1. The molecule has 4 rings (SSSR count). The lowest BCUT2D eigenvalue weighted by atomic mass is 10.0. The van der Waals surface area contributed by atoms with Crippen LogP contribution >= 0.6 is 11.6 Å². The van der Waals surface area contributed by atoms with Gasteiger partial charge in [-0.05, 0) is 81.1 Å². The van der Waals surface area contributed by atoms with Crippen molar-refractivity contribution >= 4 is 28.4 Å². The lowest BCUT2D eigenvalue weighted by Gasteiger charge is -2.31. The van der Waals surface area contributed by atoms with Gasteiger partial charge in [0.15, 0.2) is 0 Å². The van der Waals surface area contributed by atoms with Gasteiger partial charge in [0.25, 0.3) is 11.5 Å². The van der Waals surface area contributed by atoms with Crippen molar-refractivity contribution in [2.24, 2.45) is 0 Å². The summed E-state index contributed by atoms with van der Waals surface area (Å²) in [7, 11) is 0. The van der Waals surface area contributed by atoms with Crippen LogP contribution in [0.1, 0.15) is 92.6 Å². The maximum atomic E-state index is 14.0. The molecule has 6 heteroatoms. The zero-order chi connectivity index (χ0) is 28.6. The molecule has 40 heavy (non-hydrogen) atoms. The SMILES string of the molecule is CCCCCc1ccc(C(=O)N(CCCCC)C(C)c2nc3cc(Cl)ccc3c(=O)n2-c2ccc(C)cc2)cc1. The Labute approximate surface area is 242 Å². The molecule has 4 aromatic rings. The highest BCUT2D eigenvalue weighted by atomic mass is 35.5. The van der Waals surface area contributed by atoms with Gasteiger partial charge in [0.2, 0.25) is 0 Å². The molecule has 1 aromatic heterocycles. The molecule has 0 radical (unpaired) electrons. The number of unbranched alkanes of at least 4 members (excludes halogenated alkanes) is 4. The quantitative estimate of drug-likeness (QED) is 0.164. The molecular weight excluding hydrogens is 518 g/mol. The second-order valence-electron chi connectivity index (χ2n) is 10.6. The first-order valence-corrected chi connectivity index (χ1v) is 14.9. The van der Waals surface area contributed by atoms with Gasteiger partial charge in [-0.25, -0.2) is 4.98 Å². The Morgan fingerprint density at radius 3 is 2.27 bits per heavy atom. The molecule has 0 aliphatic heterocycles. The molecule has 0 bridgehead atoms. The highest BCUT2D eigenvalue weighted by molar-refractivity contribution is 6.31. The summed E-state index contributed by atoms with van der Waals surface area (Å²) in [6.45, 7) is 8.90. The summed E-state index contributed by atoms with van der Waals surface area (Å²) < 4.78 is 1.65. The third-order valence-corrected chi connectivity index (χ3v) is 7.76. The van der Waals surface area contributed by atoms with Crippen LogP contribution in [0.5, 0.6) is 0 Å². The molecule has 1 atom stereocenters. The molecular formula is C34H40ClN3O2. The van der Waals surface area contributed by atoms with Gasteiger partial charge in [0.05, 0.1) is 22.6 Å². The van der Waals surface area contributed by atoms with Gasteiger partial charge in [0.1, 0.15) is 5.82 Å². The average Bonchev–Trinajstić information content (AvgIpc) is 2.95. The van der Waals surface area contributed by atoms with E-state index in [9.17, 15) is 9.59 Å². The Morgan fingerprint density at radius 1 is 0.925 bits per heavy atom. The second kappa shape index (κ2) is 13.8. The van der Waals surface area contributed by atoms with E-state index in [1.54, 1.807) is 22.8 Å². The van der Waals surface area contributed by atoms with Gasteiger partial charge in [-0.2, -0.15) is 0 Å². The number of halogens is 1. The number of hydrogen-bond donors (Lipinski definition) is 0. The number of benzene rings is 3. The van der Waals surface area contributed by atoms with Crippen LogP contribution in [0.2, 0.25) is 5.02 Å². The first-order valence-electron chi connectivity index (χ1n) is 14.5. The Kier molecular flexibility index (Phi) is 10.2. The van der Waals surface area contributed by atoms with E-state index < -0.39 is 6.04 Å². The van der Waals surface area contributed by atoms with Crippen molar-refractivity contribution in [3.8, 4) is 5.69 Å². The Morgan fingerprint density at radius 2 is 1.60 bits per heavy atom. The lowest BCUT2D eigenvalue weighted by Crippen LogP contribution is -2.38. The van der Waals surface area contributed by atoms with Crippen molar-refractivity contribution < 1.29 is 4.79 Å². The average molecular weight is 558 g/mol. The van der Waals surface area contributed by atoms with E-state index in [-0.39, 0.29) is 11.5 Å². The van der Waals surface area contributed by atoms with Crippen molar-refractivity contribution in [1.82, 2.24) is 14.5 Å². The van der Waals surface area contributed by atoms with E-state index in [1.165, 1.54) is 18.4 Å². The molecule has 210 valence electrons. The smallest absolute Gasteiger partial charge is 0.266 e. The largest absolute Gasteiger partial charge is 0.329 e. The van der Waals surface area contributed by atoms with Crippen LogP contribution in [-0.2, 0) is 6.42 Å². The molecule has 1 unspecified atom stereocenters. The fraction of sp³-hybridized carbons (Fsp3) is 0.382. The third kappa shape index (κ3) is 6.82. The molecule has 0 aliphatic carbocycles. The van der Waals surface area contributed by atoms with Crippen molar-refractivity contribution in [3.63, 3.8) is 0 Å². The lowest BCUT2D eigenvalue weighted by molar-refractivity contribution is 0.0677. The number of nitrogens with zero attached hydrogens (tertiary/aromatic N) is 3.